The summed E-state index contributed by atoms with van der Waals surface area (Å²) in [6, 6.07) is 5.47. The summed E-state index contributed by atoms with van der Waals surface area (Å²) in [7, 11) is 0. The zero-order valence-corrected chi connectivity index (χ0v) is 12.6. The summed E-state index contributed by atoms with van der Waals surface area (Å²) in [4.78, 5) is 0. The Bertz CT molecular complexity index is 551. The summed E-state index contributed by atoms with van der Waals surface area (Å²) in [6.45, 7) is 5.67. The van der Waals surface area contributed by atoms with Crippen LogP contribution in [-0.4, -0.2) is 15.8 Å². The van der Waals surface area contributed by atoms with E-state index in [-0.39, 0.29) is 5.82 Å². The van der Waals surface area contributed by atoms with Crippen LogP contribution in [0.1, 0.15) is 25.0 Å². The summed E-state index contributed by atoms with van der Waals surface area (Å²) in [5.41, 5.74) is 2.16. The zero-order chi connectivity index (χ0) is 13.8. The van der Waals surface area contributed by atoms with Crippen LogP contribution in [0.25, 0.3) is 0 Å². The third-order valence-electron chi connectivity index (χ3n) is 2.73. The molecule has 0 aliphatic carbocycles. The highest BCUT2D eigenvalue weighted by atomic mass is 79.9. The van der Waals surface area contributed by atoms with Gasteiger partial charge < -0.3 is 5.32 Å². The maximum absolute atomic E-state index is 13.1. The van der Waals surface area contributed by atoms with Gasteiger partial charge in [-0.1, -0.05) is 19.9 Å². The average molecular weight is 326 g/mol. The molecule has 2 aromatic rings. The molecule has 2 rings (SSSR count). The molecule has 5 heteroatoms. The minimum Gasteiger partial charge on any atom is -0.310 e. The number of nitrogens with zero attached hydrogens (tertiary/aromatic N) is 2. The maximum atomic E-state index is 13.1. The monoisotopic (exact) mass is 325 g/mol. The van der Waals surface area contributed by atoms with E-state index in [0.717, 1.165) is 17.7 Å². The molecule has 0 aliphatic rings. The quantitative estimate of drug-likeness (QED) is 0.913. The minimum absolute atomic E-state index is 0.244. The van der Waals surface area contributed by atoms with Gasteiger partial charge in [0.2, 0.25) is 0 Å². The van der Waals surface area contributed by atoms with Crippen LogP contribution in [-0.2, 0) is 13.1 Å². The second kappa shape index (κ2) is 6.30. The Labute approximate surface area is 121 Å². The lowest BCUT2D eigenvalue weighted by Gasteiger charge is -2.05. The SMILES string of the molecule is CC(C)NCc1cnn(Cc2ccc(F)c(Br)c2)c1. The largest absolute Gasteiger partial charge is 0.310 e. The first-order chi connectivity index (χ1) is 9.04. The molecule has 1 aromatic heterocycles. The maximum Gasteiger partial charge on any atom is 0.137 e. The second-order valence-corrected chi connectivity index (χ2v) is 5.68. The van der Waals surface area contributed by atoms with Crippen molar-refractivity contribution in [3.63, 3.8) is 0 Å². The van der Waals surface area contributed by atoms with Crippen molar-refractivity contribution in [2.45, 2.75) is 33.0 Å². The molecule has 0 saturated heterocycles. The molecular weight excluding hydrogens is 309 g/mol. The lowest BCUT2D eigenvalue weighted by Crippen LogP contribution is -2.21. The molecule has 1 heterocycles. The second-order valence-electron chi connectivity index (χ2n) is 4.83. The fraction of sp³-hybridized carbons (Fsp3) is 0.357. The first-order valence-corrected chi connectivity index (χ1v) is 7.02. The van der Waals surface area contributed by atoms with E-state index in [2.05, 4.69) is 40.2 Å². The van der Waals surface area contributed by atoms with Gasteiger partial charge in [-0.3, -0.25) is 4.68 Å². The molecule has 0 fully saturated rings. The predicted octanol–water partition coefficient (Wildman–Crippen LogP) is 3.33. The molecule has 0 aliphatic heterocycles. The molecule has 1 N–H and O–H groups in total. The Kier molecular flexibility index (Phi) is 4.71. The Morgan fingerprint density at radius 3 is 2.84 bits per heavy atom. The smallest absolute Gasteiger partial charge is 0.137 e. The van der Waals surface area contributed by atoms with E-state index < -0.39 is 0 Å². The third-order valence-corrected chi connectivity index (χ3v) is 3.34. The number of hydrogen-bond donors (Lipinski definition) is 1. The summed E-state index contributed by atoms with van der Waals surface area (Å²) in [6.07, 6.45) is 3.86. The number of hydrogen-bond acceptors (Lipinski definition) is 2. The van der Waals surface area contributed by atoms with E-state index in [1.165, 1.54) is 6.07 Å². The molecule has 19 heavy (non-hydrogen) atoms. The van der Waals surface area contributed by atoms with Gasteiger partial charge in [0.05, 0.1) is 17.2 Å². The van der Waals surface area contributed by atoms with Crippen molar-refractivity contribution in [1.29, 1.82) is 0 Å². The molecule has 0 saturated carbocycles. The van der Waals surface area contributed by atoms with Gasteiger partial charge >= 0.3 is 0 Å². The molecule has 1 aromatic carbocycles. The number of halogens is 2. The normalized spacial score (nSPS) is 11.2. The van der Waals surface area contributed by atoms with E-state index in [4.69, 9.17) is 0 Å². The van der Waals surface area contributed by atoms with E-state index in [9.17, 15) is 4.39 Å². The highest BCUT2D eigenvalue weighted by molar-refractivity contribution is 9.10. The Balaban J connectivity index is 2.01. The molecule has 0 spiro atoms. The first kappa shape index (κ1) is 14.2. The lowest BCUT2D eigenvalue weighted by molar-refractivity contribution is 0.588. The van der Waals surface area contributed by atoms with Crippen LogP contribution >= 0.6 is 15.9 Å². The third kappa shape index (κ3) is 4.14. The molecule has 0 amide bonds. The molecule has 0 unspecified atom stereocenters. The predicted molar refractivity (Wildman–Crippen MR) is 77.4 cm³/mol. The highest BCUT2D eigenvalue weighted by Gasteiger charge is 2.03. The minimum atomic E-state index is -0.244. The topological polar surface area (TPSA) is 29.9 Å². The summed E-state index contributed by atoms with van der Waals surface area (Å²) < 4.78 is 15.5. The first-order valence-electron chi connectivity index (χ1n) is 6.23. The van der Waals surface area contributed by atoms with Gasteiger partial charge in [0, 0.05) is 24.3 Å². The van der Waals surface area contributed by atoms with E-state index >= 15 is 0 Å². The summed E-state index contributed by atoms with van der Waals surface area (Å²) >= 11 is 3.19. The zero-order valence-electron chi connectivity index (χ0n) is 11.0. The molecule has 3 nitrogen and oxygen atoms in total. The van der Waals surface area contributed by atoms with Gasteiger partial charge in [0.1, 0.15) is 5.82 Å². The number of benzene rings is 1. The van der Waals surface area contributed by atoms with E-state index in [1.54, 1.807) is 12.1 Å². The van der Waals surface area contributed by atoms with Gasteiger partial charge in [0.25, 0.3) is 0 Å². The molecule has 0 atom stereocenters. The van der Waals surface area contributed by atoms with Crippen LogP contribution in [0.2, 0.25) is 0 Å². The molecule has 102 valence electrons. The Morgan fingerprint density at radius 1 is 1.37 bits per heavy atom. The molecular formula is C14H17BrFN3. The van der Waals surface area contributed by atoms with Crippen LogP contribution in [0, 0.1) is 5.82 Å². The van der Waals surface area contributed by atoms with Crippen LogP contribution < -0.4 is 5.32 Å². The average Bonchev–Trinajstić information content (AvgIpc) is 2.79. The van der Waals surface area contributed by atoms with Gasteiger partial charge in [0.15, 0.2) is 0 Å². The van der Waals surface area contributed by atoms with Gasteiger partial charge in [-0.2, -0.15) is 5.10 Å². The van der Waals surface area contributed by atoms with Crippen molar-refractivity contribution in [3.05, 3.63) is 52.0 Å². The van der Waals surface area contributed by atoms with Crippen molar-refractivity contribution < 1.29 is 4.39 Å². The van der Waals surface area contributed by atoms with Crippen molar-refractivity contribution in [3.8, 4) is 0 Å². The van der Waals surface area contributed by atoms with Crippen LogP contribution in [0.5, 0.6) is 0 Å². The Hall–Kier alpha value is -1.20. The fourth-order valence-electron chi connectivity index (χ4n) is 1.73. The number of nitrogens with one attached hydrogen (secondary N) is 1. The standard InChI is InChI=1S/C14H17BrFN3/c1-10(2)17-6-12-7-18-19(9-12)8-11-3-4-14(16)13(15)5-11/h3-5,7,9-10,17H,6,8H2,1-2H3. The number of aromatic nitrogens is 2. The Morgan fingerprint density at radius 2 is 2.16 bits per heavy atom. The van der Waals surface area contributed by atoms with E-state index in [0.29, 0.717) is 17.1 Å². The van der Waals surface area contributed by atoms with E-state index in [1.807, 2.05) is 17.1 Å². The molecule has 0 bridgehead atoms. The fourth-order valence-corrected chi connectivity index (χ4v) is 2.16. The highest BCUT2D eigenvalue weighted by Crippen LogP contribution is 2.17. The van der Waals surface area contributed by atoms with Crippen LogP contribution in [0.3, 0.4) is 0 Å². The summed E-state index contributed by atoms with van der Waals surface area (Å²) in [5.74, 6) is -0.244. The van der Waals surface area contributed by atoms with Crippen molar-refractivity contribution in [1.82, 2.24) is 15.1 Å². The molecule has 0 radical (unpaired) electrons. The van der Waals surface area contributed by atoms with Crippen molar-refractivity contribution >= 4 is 15.9 Å². The van der Waals surface area contributed by atoms with Gasteiger partial charge in [-0.25, -0.2) is 4.39 Å². The van der Waals surface area contributed by atoms with Crippen LogP contribution in [0.4, 0.5) is 4.39 Å². The van der Waals surface area contributed by atoms with Crippen molar-refractivity contribution in [2.24, 2.45) is 0 Å². The van der Waals surface area contributed by atoms with Crippen LogP contribution in [0.15, 0.2) is 35.1 Å². The van der Waals surface area contributed by atoms with Gasteiger partial charge in [-0.15, -0.1) is 0 Å². The lowest BCUT2D eigenvalue weighted by atomic mass is 10.2. The number of rotatable bonds is 5. The van der Waals surface area contributed by atoms with Crippen molar-refractivity contribution in [2.75, 3.05) is 0 Å². The van der Waals surface area contributed by atoms with Gasteiger partial charge in [-0.05, 0) is 33.6 Å². The summed E-state index contributed by atoms with van der Waals surface area (Å²) in [5, 5.41) is 7.65.